The van der Waals surface area contributed by atoms with Crippen LogP contribution in [0.5, 0.6) is 0 Å². The van der Waals surface area contributed by atoms with Gasteiger partial charge < -0.3 is 9.67 Å². The Morgan fingerprint density at radius 3 is 3.06 bits per heavy atom. The van der Waals surface area contributed by atoms with Crippen LogP contribution in [0.4, 0.5) is 0 Å². The summed E-state index contributed by atoms with van der Waals surface area (Å²) in [4.78, 5) is 0. The lowest BCUT2D eigenvalue weighted by Crippen LogP contribution is -1.99. The first-order chi connectivity index (χ1) is 7.81. The van der Waals surface area contributed by atoms with Crippen molar-refractivity contribution in [3.05, 3.63) is 24.0 Å². The van der Waals surface area contributed by atoms with E-state index in [0.29, 0.717) is 5.92 Å². The standard InChI is InChI=1S/C13H21NOS/c1-2-16-9-3-7-14-8-6-12(10-14)13(15)11-4-5-11/h6,8,10-11,13,15H,2-5,7,9H2,1H3. The van der Waals surface area contributed by atoms with Crippen LogP contribution in [0.1, 0.15) is 37.9 Å². The van der Waals surface area contributed by atoms with E-state index < -0.39 is 0 Å². The van der Waals surface area contributed by atoms with Crippen LogP contribution in [0.15, 0.2) is 18.5 Å². The van der Waals surface area contributed by atoms with Gasteiger partial charge >= 0.3 is 0 Å². The van der Waals surface area contributed by atoms with Gasteiger partial charge in [-0.3, -0.25) is 0 Å². The minimum atomic E-state index is -0.216. The van der Waals surface area contributed by atoms with Crippen LogP contribution in [0.2, 0.25) is 0 Å². The summed E-state index contributed by atoms with van der Waals surface area (Å²) in [6, 6.07) is 2.07. The highest BCUT2D eigenvalue weighted by atomic mass is 32.2. The van der Waals surface area contributed by atoms with Crippen molar-refractivity contribution in [3.63, 3.8) is 0 Å². The third-order valence-electron chi connectivity index (χ3n) is 3.09. The van der Waals surface area contributed by atoms with Crippen LogP contribution < -0.4 is 0 Å². The molecule has 1 aliphatic rings. The van der Waals surface area contributed by atoms with Crippen LogP contribution >= 0.6 is 11.8 Å². The Morgan fingerprint density at radius 2 is 2.38 bits per heavy atom. The summed E-state index contributed by atoms with van der Waals surface area (Å²) in [6.07, 6.45) is 7.59. The van der Waals surface area contributed by atoms with Gasteiger partial charge in [0.1, 0.15) is 0 Å². The normalized spacial score (nSPS) is 17.6. The number of aliphatic hydroxyl groups excluding tert-OH is 1. The molecule has 0 saturated heterocycles. The molecular weight excluding hydrogens is 218 g/mol. The van der Waals surface area contributed by atoms with Gasteiger partial charge in [-0.1, -0.05) is 6.92 Å². The molecule has 1 saturated carbocycles. The average Bonchev–Trinajstić information content (AvgIpc) is 3.03. The lowest BCUT2D eigenvalue weighted by Gasteiger charge is -2.06. The van der Waals surface area contributed by atoms with Gasteiger partial charge in [-0.2, -0.15) is 11.8 Å². The predicted molar refractivity (Wildman–Crippen MR) is 69.7 cm³/mol. The van der Waals surface area contributed by atoms with Crippen molar-refractivity contribution in [1.82, 2.24) is 4.57 Å². The molecule has 2 nitrogen and oxygen atoms in total. The highest BCUT2D eigenvalue weighted by Gasteiger charge is 2.30. The molecule has 90 valence electrons. The van der Waals surface area contributed by atoms with Crippen molar-refractivity contribution >= 4 is 11.8 Å². The van der Waals surface area contributed by atoms with Gasteiger partial charge in [0.15, 0.2) is 0 Å². The average molecular weight is 239 g/mol. The second-order valence-corrected chi connectivity index (χ2v) is 5.91. The predicted octanol–water partition coefficient (Wildman–Crippen LogP) is 3.07. The van der Waals surface area contributed by atoms with Crippen molar-refractivity contribution in [2.45, 2.75) is 38.8 Å². The van der Waals surface area contributed by atoms with Crippen molar-refractivity contribution in [2.24, 2.45) is 5.92 Å². The number of aliphatic hydroxyl groups is 1. The zero-order valence-corrected chi connectivity index (χ0v) is 10.7. The first kappa shape index (κ1) is 12.1. The summed E-state index contributed by atoms with van der Waals surface area (Å²) in [6.45, 7) is 3.27. The molecule has 1 aliphatic carbocycles. The van der Waals surface area contributed by atoms with Crippen LogP contribution in [0.3, 0.4) is 0 Å². The first-order valence-corrected chi connectivity index (χ1v) is 7.38. The van der Waals surface area contributed by atoms with E-state index in [2.05, 4.69) is 30.0 Å². The molecule has 16 heavy (non-hydrogen) atoms. The van der Waals surface area contributed by atoms with E-state index in [9.17, 15) is 5.11 Å². The van der Waals surface area contributed by atoms with Crippen molar-refractivity contribution < 1.29 is 5.11 Å². The molecule has 0 aromatic carbocycles. The molecule has 0 bridgehead atoms. The Bertz CT molecular complexity index is 319. The van der Waals surface area contributed by atoms with Crippen LogP contribution in [-0.4, -0.2) is 21.2 Å². The minimum absolute atomic E-state index is 0.216. The van der Waals surface area contributed by atoms with E-state index >= 15 is 0 Å². The molecule has 1 N–H and O–H groups in total. The maximum Gasteiger partial charge on any atom is 0.0832 e. The van der Waals surface area contributed by atoms with Gasteiger partial charge in [0, 0.05) is 18.9 Å². The summed E-state index contributed by atoms with van der Waals surface area (Å²) >= 11 is 1.99. The molecule has 1 heterocycles. The molecular formula is C13H21NOS. The molecule has 1 unspecified atom stereocenters. The molecule has 0 amide bonds. The molecule has 0 spiro atoms. The second kappa shape index (κ2) is 5.78. The molecule has 1 atom stereocenters. The lowest BCUT2D eigenvalue weighted by atomic mass is 10.1. The Balaban J connectivity index is 1.77. The summed E-state index contributed by atoms with van der Waals surface area (Å²) in [5.74, 6) is 2.97. The zero-order valence-electron chi connectivity index (χ0n) is 9.93. The van der Waals surface area contributed by atoms with Gasteiger partial charge in [0.25, 0.3) is 0 Å². The summed E-state index contributed by atoms with van der Waals surface area (Å²) in [5.41, 5.74) is 1.10. The highest BCUT2D eigenvalue weighted by Crippen LogP contribution is 2.40. The maximum absolute atomic E-state index is 9.97. The smallest absolute Gasteiger partial charge is 0.0832 e. The maximum atomic E-state index is 9.97. The van der Waals surface area contributed by atoms with E-state index in [1.807, 2.05) is 11.8 Å². The van der Waals surface area contributed by atoms with Crippen molar-refractivity contribution in [1.29, 1.82) is 0 Å². The van der Waals surface area contributed by atoms with Crippen LogP contribution in [-0.2, 0) is 6.54 Å². The summed E-state index contributed by atoms with van der Waals surface area (Å²) in [5, 5.41) is 9.97. The fourth-order valence-electron chi connectivity index (χ4n) is 1.95. The Labute approximate surface area is 102 Å². The number of aryl methyl sites for hydroxylation is 1. The van der Waals surface area contributed by atoms with E-state index in [-0.39, 0.29) is 6.10 Å². The molecule has 3 heteroatoms. The zero-order chi connectivity index (χ0) is 11.4. The van der Waals surface area contributed by atoms with E-state index in [4.69, 9.17) is 0 Å². The molecule has 1 fully saturated rings. The Hall–Kier alpha value is -0.410. The second-order valence-electron chi connectivity index (χ2n) is 4.52. The fourth-order valence-corrected chi connectivity index (χ4v) is 2.57. The largest absolute Gasteiger partial charge is 0.388 e. The third-order valence-corrected chi connectivity index (χ3v) is 4.08. The molecule has 0 aliphatic heterocycles. The van der Waals surface area contributed by atoms with Gasteiger partial charge in [0.2, 0.25) is 0 Å². The third kappa shape index (κ3) is 3.29. The molecule has 1 aromatic rings. The van der Waals surface area contributed by atoms with Crippen molar-refractivity contribution in [3.8, 4) is 0 Å². The Morgan fingerprint density at radius 1 is 1.56 bits per heavy atom. The van der Waals surface area contributed by atoms with Crippen LogP contribution in [0.25, 0.3) is 0 Å². The minimum Gasteiger partial charge on any atom is -0.388 e. The topological polar surface area (TPSA) is 25.2 Å². The molecule has 0 radical (unpaired) electrons. The number of nitrogens with zero attached hydrogens (tertiary/aromatic N) is 1. The first-order valence-electron chi connectivity index (χ1n) is 6.22. The summed E-state index contributed by atoms with van der Waals surface area (Å²) in [7, 11) is 0. The summed E-state index contributed by atoms with van der Waals surface area (Å²) < 4.78 is 2.21. The van der Waals surface area contributed by atoms with Crippen molar-refractivity contribution in [2.75, 3.05) is 11.5 Å². The monoisotopic (exact) mass is 239 g/mol. The van der Waals surface area contributed by atoms with E-state index in [1.54, 1.807) is 0 Å². The van der Waals surface area contributed by atoms with Gasteiger partial charge in [-0.05, 0) is 48.3 Å². The van der Waals surface area contributed by atoms with E-state index in [1.165, 1.54) is 30.8 Å². The van der Waals surface area contributed by atoms with E-state index in [0.717, 1.165) is 12.1 Å². The lowest BCUT2D eigenvalue weighted by molar-refractivity contribution is 0.154. The SMILES string of the molecule is CCSCCCn1ccc(C(O)C2CC2)c1. The fraction of sp³-hybridized carbons (Fsp3) is 0.692. The number of rotatable bonds is 7. The number of thioether (sulfide) groups is 1. The molecule has 2 rings (SSSR count). The van der Waals surface area contributed by atoms with Gasteiger partial charge in [-0.25, -0.2) is 0 Å². The highest BCUT2D eigenvalue weighted by molar-refractivity contribution is 7.99. The van der Waals surface area contributed by atoms with Gasteiger partial charge in [-0.15, -0.1) is 0 Å². The molecule has 1 aromatic heterocycles. The number of hydrogen-bond acceptors (Lipinski definition) is 2. The number of hydrogen-bond donors (Lipinski definition) is 1. The quantitative estimate of drug-likeness (QED) is 0.740. The van der Waals surface area contributed by atoms with Crippen LogP contribution in [0, 0.1) is 5.92 Å². The number of aromatic nitrogens is 1. The van der Waals surface area contributed by atoms with Gasteiger partial charge in [0.05, 0.1) is 6.10 Å². The Kier molecular flexibility index (Phi) is 4.36.